The predicted octanol–water partition coefficient (Wildman–Crippen LogP) is 2.26. The Balaban J connectivity index is 2.46. The van der Waals surface area contributed by atoms with Crippen LogP contribution in [-0.4, -0.2) is 30.9 Å². The highest BCUT2D eigenvalue weighted by Gasteiger charge is 2.31. The van der Waals surface area contributed by atoms with Gasteiger partial charge in [0.05, 0.1) is 18.1 Å². The van der Waals surface area contributed by atoms with Gasteiger partial charge in [-0.15, -0.1) is 11.6 Å². The molecule has 1 aromatic rings. The zero-order chi connectivity index (χ0) is 14.2. The number of methoxy groups -OCH3 is 1. The minimum absolute atomic E-state index is 0.134. The number of nitrogens with zero attached hydrogens (tertiary/aromatic N) is 1. The van der Waals surface area contributed by atoms with Crippen LogP contribution < -0.4 is 4.90 Å². The molecule has 0 bridgehead atoms. The molecule has 1 aliphatic rings. The third-order valence-electron chi connectivity index (χ3n) is 3.06. The molecular weight excluding hydrogens is 273 g/mol. The quantitative estimate of drug-likeness (QED) is 0.618. The van der Waals surface area contributed by atoms with Gasteiger partial charge in [-0.1, -0.05) is 0 Å². The zero-order valence-electron chi connectivity index (χ0n) is 10.6. The molecule has 1 saturated heterocycles. The first-order chi connectivity index (χ1) is 8.93. The van der Waals surface area contributed by atoms with Gasteiger partial charge in [-0.2, -0.15) is 0 Å². The third kappa shape index (κ3) is 2.56. The maximum atomic E-state index is 13.7. The summed E-state index contributed by atoms with van der Waals surface area (Å²) >= 11 is 5.94. The number of amides is 1. The van der Waals surface area contributed by atoms with Crippen LogP contribution in [0.4, 0.5) is 10.1 Å². The zero-order valence-corrected chi connectivity index (χ0v) is 11.3. The molecule has 4 nitrogen and oxygen atoms in total. The molecule has 102 valence electrons. The van der Waals surface area contributed by atoms with Crippen molar-refractivity contribution in [2.75, 3.05) is 18.6 Å². The highest BCUT2D eigenvalue weighted by atomic mass is 35.5. The van der Waals surface area contributed by atoms with Gasteiger partial charge in [0.2, 0.25) is 5.91 Å². The molecule has 1 aliphatic heterocycles. The van der Waals surface area contributed by atoms with Crippen LogP contribution >= 0.6 is 11.6 Å². The fourth-order valence-corrected chi connectivity index (χ4v) is 2.39. The van der Waals surface area contributed by atoms with Crippen molar-refractivity contribution in [3.8, 4) is 0 Å². The van der Waals surface area contributed by atoms with Gasteiger partial charge in [0, 0.05) is 18.7 Å². The number of esters is 1. The minimum Gasteiger partial charge on any atom is -0.465 e. The van der Waals surface area contributed by atoms with Crippen LogP contribution in [0.25, 0.3) is 0 Å². The molecule has 19 heavy (non-hydrogen) atoms. The summed E-state index contributed by atoms with van der Waals surface area (Å²) < 4.78 is 18.2. The lowest BCUT2D eigenvalue weighted by atomic mass is 10.1. The highest BCUT2D eigenvalue weighted by molar-refractivity contribution is 6.24. The lowest BCUT2D eigenvalue weighted by Gasteiger charge is -2.19. The van der Waals surface area contributed by atoms with Gasteiger partial charge in [-0.3, -0.25) is 4.79 Å². The minimum atomic E-state index is -0.771. The standard InChI is InChI=1S/C13H13ClFNO3/c1-7-3-10(15)9(13(18)19-2)5-11(7)16-6-8(14)4-12(16)17/h3,5,8H,4,6H2,1-2H3. The van der Waals surface area contributed by atoms with Crippen molar-refractivity contribution in [1.82, 2.24) is 0 Å². The number of carbonyl (C=O) groups is 2. The molecule has 0 radical (unpaired) electrons. The average Bonchev–Trinajstić information content (AvgIpc) is 2.67. The molecule has 0 N–H and O–H groups in total. The van der Waals surface area contributed by atoms with E-state index in [1.54, 1.807) is 6.92 Å². The van der Waals surface area contributed by atoms with E-state index in [2.05, 4.69) is 4.74 Å². The first-order valence-corrected chi connectivity index (χ1v) is 6.20. The lowest BCUT2D eigenvalue weighted by molar-refractivity contribution is -0.117. The summed E-state index contributed by atoms with van der Waals surface area (Å²) in [6, 6.07) is 2.56. The number of rotatable bonds is 2. The van der Waals surface area contributed by atoms with E-state index in [1.807, 2.05) is 0 Å². The predicted molar refractivity (Wildman–Crippen MR) is 69.1 cm³/mol. The highest BCUT2D eigenvalue weighted by Crippen LogP contribution is 2.29. The van der Waals surface area contributed by atoms with Gasteiger partial charge in [0.25, 0.3) is 0 Å². The summed E-state index contributed by atoms with van der Waals surface area (Å²) in [7, 11) is 1.18. The van der Waals surface area contributed by atoms with E-state index in [-0.39, 0.29) is 23.3 Å². The summed E-state index contributed by atoms with van der Waals surface area (Å²) in [4.78, 5) is 24.7. The van der Waals surface area contributed by atoms with Gasteiger partial charge in [0.15, 0.2) is 0 Å². The molecule has 1 fully saturated rings. The Morgan fingerprint density at radius 3 is 2.74 bits per heavy atom. The number of hydrogen-bond donors (Lipinski definition) is 0. The second-order valence-electron chi connectivity index (χ2n) is 4.42. The summed E-state index contributed by atoms with van der Waals surface area (Å²) in [5.41, 5.74) is 0.883. The van der Waals surface area contributed by atoms with E-state index in [4.69, 9.17) is 11.6 Å². The first-order valence-electron chi connectivity index (χ1n) is 5.77. The van der Waals surface area contributed by atoms with Crippen LogP contribution in [-0.2, 0) is 9.53 Å². The Hall–Kier alpha value is -1.62. The van der Waals surface area contributed by atoms with Gasteiger partial charge in [-0.25, -0.2) is 9.18 Å². The first kappa shape index (κ1) is 13.8. The number of anilines is 1. The number of benzene rings is 1. The average molecular weight is 286 g/mol. The second-order valence-corrected chi connectivity index (χ2v) is 5.03. The summed E-state index contributed by atoms with van der Waals surface area (Å²) in [6.45, 7) is 2.03. The van der Waals surface area contributed by atoms with E-state index in [0.717, 1.165) is 0 Å². The summed E-state index contributed by atoms with van der Waals surface area (Å²) in [5, 5.41) is -0.265. The van der Waals surface area contributed by atoms with Gasteiger partial charge in [0.1, 0.15) is 5.82 Å². The van der Waals surface area contributed by atoms with Crippen molar-refractivity contribution in [2.24, 2.45) is 0 Å². The van der Waals surface area contributed by atoms with Crippen molar-refractivity contribution in [3.05, 3.63) is 29.1 Å². The van der Waals surface area contributed by atoms with Crippen molar-refractivity contribution in [3.63, 3.8) is 0 Å². The largest absolute Gasteiger partial charge is 0.465 e. The van der Waals surface area contributed by atoms with Crippen molar-refractivity contribution in [2.45, 2.75) is 18.7 Å². The molecular formula is C13H13ClFNO3. The second kappa shape index (κ2) is 5.17. The molecule has 1 unspecified atom stereocenters. The Bertz CT molecular complexity index is 547. The number of alkyl halides is 1. The van der Waals surface area contributed by atoms with Crippen LogP contribution in [0.3, 0.4) is 0 Å². The fourth-order valence-electron chi connectivity index (χ4n) is 2.12. The van der Waals surface area contributed by atoms with Crippen LogP contribution in [0.5, 0.6) is 0 Å². The smallest absolute Gasteiger partial charge is 0.340 e. The van der Waals surface area contributed by atoms with Crippen molar-refractivity contribution < 1.29 is 18.7 Å². The molecule has 0 aromatic heterocycles. The number of halogens is 2. The van der Waals surface area contributed by atoms with Crippen molar-refractivity contribution in [1.29, 1.82) is 0 Å². The number of aryl methyl sites for hydroxylation is 1. The number of hydrogen-bond acceptors (Lipinski definition) is 3. The Morgan fingerprint density at radius 1 is 1.53 bits per heavy atom. The van der Waals surface area contributed by atoms with E-state index < -0.39 is 11.8 Å². The molecule has 0 spiro atoms. The maximum absolute atomic E-state index is 13.7. The van der Waals surface area contributed by atoms with Crippen LogP contribution in [0, 0.1) is 12.7 Å². The Kier molecular flexibility index (Phi) is 3.75. The summed E-state index contributed by atoms with van der Waals surface area (Å²) in [5.74, 6) is -1.57. The summed E-state index contributed by atoms with van der Waals surface area (Å²) in [6.07, 6.45) is 0.242. The molecule has 0 aliphatic carbocycles. The van der Waals surface area contributed by atoms with E-state index in [1.165, 1.54) is 24.1 Å². The maximum Gasteiger partial charge on any atom is 0.340 e. The molecule has 1 atom stereocenters. The molecule has 6 heteroatoms. The lowest BCUT2D eigenvalue weighted by Crippen LogP contribution is -2.26. The van der Waals surface area contributed by atoms with E-state index >= 15 is 0 Å². The van der Waals surface area contributed by atoms with Crippen LogP contribution in [0.1, 0.15) is 22.3 Å². The van der Waals surface area contributed by atoms with Gasteiger partial charge < -0.3 is 9.64 Å². The van der Waals surface area contributed by atoms with Crippen LogP contribution in [0.15, 0.2) is 12.1 Å². The van der Waals surface area contributed by atoms with Gasteiger partial charge in [-0.05, 0) is 24.6 Å². The van der Waals surface area contributed by atoms with Crippen molar-refractivity contribution >= 4 is 29.2 Å². The fraction of sp³-hybridized carbons (Fsp3) is 0.385. The SMILES string of the molecule is COC(=O)c1cc(N2CC(Cl)CC2=O)c(C)cc1F. The van der Waals surface area contributed by atoms with Crippen LogP contribution in [0.2, 0.25) is 0 Å². The number of carbonyl (C=O) groups excluding carboxylic acids is 2. The normalized spacial score (nSPS) is 18.8. The van der Waals surface area contributed by atoms with E-state index in [0.29, 0.717) is 17.8 Å². The molecule has 0 saturated carbocycles. The molecule has 1 aromatic carbocycles. The Labute approximate surface area is 115 Å². The molecule has 1 amide bonds. The topological polar surface area (TPSA) is 46.6 Å². The Morgan fingerprint density at radius 2 is 2.21 bits per heavy atom. The molecule has 1 heterocycles. The third-order valence-corrected chi connectivity index (χ3v) is 3.35. The molecule has 2 rings (SSSR count). The van der Waals surface area contributed by atoms with Gasteiger partial charge >= 0.3 is 5.97 Å². The monoisotopic (exact) mass is 285 g/mol. The number of ether oxygens (including phenoxy) is 1. The van der Waals surface area contributed by atoms with E-state index in [9.17, 15) is 14.0 Å².